The first-order valence-electron chi connectivity index (χ1n) is 6.68. The van der Waals surface area contributed by atoms with Crippen LogP contribution in [-0.2, 0) is 0 Å². The summed E-state index contributed by atoms with van der Waals surface area (Å²) in [4.78, 5) is 8.36. The van der Waals surface area contributed by atoms with Crippen LogP contribution in [0.5, 0.6) is 0 Å². The number of nitrogens with zero attached hydrogens (tertiary/aromatic N) is 4. The van der Waals surface area contributed by atoms with Crippen molar-refractivity contribution in [1.29, 1.82) is 0 Å². The Morgan fingerprint density at radius 3 is 2.89 bits per heavy atom. The van der Waals surface area contributed by atoms with E-state index in [1.54, 1.807) is 10.8 Å². The minimum Gasteiger partial charge on any atom is -0.367 e. The Morgan fingerprint density at radius 2 is 2.17 bits per heavy atom. The zero-order valence-corrected chi connectivity index (χ0v) is 11.3. The molecule has 0 aromatic carbocycles. The highest BCUT2D eigenvalue weighted by Crippen LogP contribution is 2.17. The maximum absolute atomic E-state index is 4.25. The fourth-order valence-corrected chi connectivity index (χ4v) is 2.06. The van der Waals surface area contributed by atoms with Crippen LogP contribution >= 0.6 is 0 Å². The normalized spacial score (nSPS) is 12.8. The second kappa shape index (κ2) is 5.80. The molecule has 2 rings (SSSR count). The Kier molecular flexibility index (Phi) is 4.12. The number of fused-ring (bicyclic) bond motifs is 1. The lowest BCUT2D eigenvalue weighted by molar-refractivity contribution is 0.589. The van der Waals surface area contributed by atoms with Gasteiger partial charge in [0.1, 0.15) is 12.1 Å². The Hall–Kier alpha value is -1.65. The molecular weight excluding hydrogens is 226 g/mol. The number of rotatable bonds is 6. The lowest BCUT2D eigenvalue weighted by atomic mass is 10.1. The molecule has 2 aromatic heterocycles. The predicted molar refractivity (Wildman–Crippen MR) is 72.7 cm³/mol. The lowest BCUT2D eigenvalue weighted by Crippen LogP contribution is -2.21. The third kappa shape index (κ3) is 2.60. The van der Waals surface area contributed by atoms with Gasteiger partial charge in [-0.1, -0.05) is 26.7 Å². The van der Waals surface area contributed by atoms with Gasteiger partial charge in [-0.05, 0) is 19.8 Å². The smallest absolute Gasteiger partial charge is 0.254 e. The monoisotopic (exact) mass is 247 g/mol. The van der Waals surface area contributed by atoms with Gasteiger partial charge in [-0.3, -0.25) is 0 Å². The van der Waals surface area contributed by atoms with Crippen LogP contribution in [0.2, 0.25) is 0 Å². The molecule has 2 heterocycles. The molecule has 18 heavy (non-hydrogen) atoms. The zero-order valence-electron chi connectivity index (χ0n) is 11.3. The molecule has 0 aliphatic carbocycles. The first-order chi connectivity index (χ1) is 8.76. The first-order valence-corrected chi connectivity index (χ1v) is 6.68. The van der Waals surface area contributed by atoms with Crippen molar-refractivity contribution in [2.75, 3.05) is 5.32 Å². The van der Waals surface area contributed by atoms with Crippen molar-refractivity contribution in [2.24, 2.45) is 0 Å². The van der Waals surface area contributed by atoms with Crippen LogP contribution in [0.25, 0.3) is 5.78 Å². The highest BCUT2D eigenvalue weighted by Gasteiger charge is 2.11. The second-order valence-corrected chi connectivity index (χ2v) is 4.65. The van der Waals surface area contributed by atoms with Crippen LogP contribution in [0.3, 0.4) is 0 Å². The summed E-state index contributed by atoms with van der Waals surface area (Å²) in [7, 11) is 0. The molecule has 2 aromatic rings. The lowest BCUT2D eigenvalue weighted by Gasteiger charge is -2.19. The van der Waals surface area contributed by atoms with Gasteiger partial charge in [0.2, 0.25) is 0 Å². The molecule has 5 heteroatoms. The number of unbranched alkanes of at least 4 members (excludes halogenated alkanes) is 1. The number of hydrogen-bond acceptors (Lipinski definition) is 4. The summed E-state index contributed by atoms with van der Waals surface area (Å²) in [6, 6.07) is 0.485. The highest BCUT2D eigenvalue weighted by molar-refractivity contribution is 5.49. The van der Waals surface area contributed by atoms with E-state index in [2.05, 4.69) is 34.2 Å². The van der Waals surface area contributed by atoms with E-state index in [1.807, 2.05) is 13.1 Å². The van der Waals surface area contributed by atoms with E-state index in [0.717, 1.165) is 17.8 Å². The molecule has 1 unspecified atom stereocenters. The molecule has 5 nitrogen and oxygen atoms in total. The molecular formula is C13H21N5. The van der Waals surface area contributed by atoms with Crippen LogP contribution in [0.15, 0.2) is 12.5 Å². The van der Waals surface area contributed by atoms with E-state index in [-0.39, 0.29) is 0 Å². The number of aryl methyl sites for hydroxylation is 1. The van der Waals surface area contributed by atoms with Gasteiger partial charge in [0, 0.05) is 17.8 Å². The van der Waals surface area contributed by atoms with Crippen LogP contribution in [-0.4, -0.2) is 25.6 Å². The summed E-state index contributed by atoms with van der Waals surface area (Å²) in [5, 5.41) is 7.81. The molecule has 0 saturated heterocycles. The summed E-state index contributed by atoms with van der Waals surface area (Å²) in [6.07, 6.45) is 8.16. The van der Waals surface area contributed by atoms with Gasteiger partial charge in [0.25, 0.3) is 5.78 Å². The molecule has 0 spiro atoms. The number of aromatic nitrogens is 4. The van der Waals surface area contributed by atoms with Gasteiger partial charge in [-0.2, -0.15) is 14.6 Å². The van der Waals surface area contributed by atoms with Gasteiger partial charge in [-0.15, -0.1) is 0 Å². The number of nitrogens with one attached hydrogen (secondary N) is 1. The summed E-state index contributed by atoms with van der Waals surface area (Å²) < 4.78 is 1.78. The number of anilines is 1. The maximum Gasteiger partial charge on any atom is 0.254 e. The van der Waals surface area contributed by atoms with E-state index in [4.69, 9.17) is 0 Å². The third-order valence-electron chi connectivity index (χ3n) is 3.23. The Labute approximate surface area is 108 Å². The molecule has 0 fully saturated rings. The largest absolute Gasteiger partial charge is 0.367 e. The minimum atomic E-state index is 0.485. The summed E-state index contributed by atoms with van der Waals surface area (Å²) in [6.45, 7) is 6.48. The fourth-order valence-electron chi connectivity index (χ4n) is 2.06. The second-order valence-electron chi connectivity index (χ2n) is 4.65. The number of hydrogen-bond donors (Lipinski definition) is 1. The van der Waals surface area contributed by atoms with Gasteiger partial charge in [-0.25, -0.2) is 4.98 Å². The zero-order chi connectivity index (χ0) is 13.0. The van der Waals surface area contributed by atoms with Crippen molar-refractivity contribution in [3.8, 4) is 0 Å². The molecule has 1 atom stereocenters. The quantitative estimate of drug-likeness (QED) is 0.852. The van der Waals surface area contributed by atoms with Gasteiger partial charge in [0.15, 0.2) is 0 Å². The standard InChI is InChI=1S/C13H21N5/c1-4-6-7-11(5-2)17-12-10(3)8-14-13-15-9-16-18(12)13/h8-9,11,17H,4-7H2,1-3H3. The SMILES string of the molecule is CCCCC(CC)Nc1c(C)cnc2ncnn12. The fraction of sp³-hybridized carbons (Fsp3) is 0.615. The van der Waals surface area contributed by atoms with Crippen molar-refractivity contribution < 1.29 is 0 Å². The average molecular weight is 247 g/mol. The Bertz CT molecular complexity index is 505. The van der Waals surface area contributed by atoms with Crippen molar-refractivity contribution in [3.63, 3.8) is 0 Å². The van der Waals surface area contributed by atoms with Crippen LogP contribution < -0.4 is 5.32 Å². The van der Waals surface area contributed by atoms with Crippen molar-refractivity contribution in [3.05, 3.63) is 18.1 Å². The van der Waals surface area contributed by atoms with E-state index in [1.165, 1.54) is 19.3 Å². The van der Waals surface area contributed by atoms with Gasteiger partial charge < -0.3 is 5.32 Å². The molecule has 1 N–H and O–H groups in total. The summed E-state index contributed by atoms with van der Waals surface area (Å²) in [5.41, 5.74) is 1.10. The summed E-state index contributed by atoms with van der Waals surface area (Å²) >= 11 is 0. The Balaban J connectivity index is 2.23. The molecule has 0 bridgehead atoms. The summed E-state index contributed by atoms with van der Waals surface area (Å²) in [5.74, 6) is 1.66. The van der Waals surface area contributed by atoms with Crippen molar-refractivity contribution in [2.45, 2.75) is 52.5 Å². The first kappa shape index (κ1) is 12.8. The molecule has 0 amide bonds. The van der Waals surface area contributed by atoms with E-state index >= 15 is 0 Å². The molecule has 0 saturated carbocycles. The highest BCUT2D eigenvalue weighted by atomic mass is 15.4. The average Bonchev–Trinajstić information content (AvgIpc) is 2.85. The van der Waals surface area contributed by atoms with E-state index < -0.39 is 0 Å². The third-order valence-corrected chi connectivity index (χ3v) is 3.23. The van der Waals surface area contributed by atoms with Crippen molar-refractivity contribution in [1.82, 2.24) is 19.6 Å². The minimum absolute atomic E-state index is 0.485. The van der Waals surface area contributed by atoms with Crippen LogP contribution in [0.4, 0.5) is 5.82 Å². The molecule has 0 radical (unpaired) electrons. The Morgan fingerprint density at radius 1 is 1.33 bits per heavy atom. The van der Waals surface area contributed by atoms with E-state index in [9.17, 15) is 0 Å². The maximum atomic E-state index is 4.25. The molecule has 0 aliphatic heterocycles. The van der Waals surface area contributed by atoms with Gasteiger partial charge >= 0.3 is 0 Å². The van der Waals surface area contributed by atoms with Gasteiger partial charge in [0.05, 0.1) is 0 Å². The van der Waals surface area contributed by atoms with E-state index in [0.29, 0.717) is 11.8 Å². The van der Waals surface area contributed by atoms with Crippen molar-refractivity contribution >= 4 is 11.6 Å². The van der Waals surface area contributed by atoms with Crippen LogP contribution in [0.1, 0.15) is 45.1 Å². The predicted octanol–water partition coefficient (Wildman–Crippen LogP) is 2.81. The topological polar surface area (TPSA) is 55.1 Å². The van der Waals surface area contributed by atoms with Crippen LogP contribution in [0, 0.1) is 6.92 Å². The molecule has 0 aliphatic rings. The molecule has 98 valence electrons.